The molecule has 0 spiro atoms. The third-order valence-corrected chi connectivity index (χ3v) is 6.29. The number of amides is 1. The Hall–Kier alpha value is -1.85. The van der Waals surface area contributed by atoms with Crippen LogP contribution in [0, 0.1) is 11.8 Å². The van der Waals surface area contributed by atoms with Crippen molar-refractivity contribution >= 4 is 11.6 Å². The quantitative estimate of drug-likeness (QED) is 0.797. The van der Waals surface area contributed by atoms with Gasteiger partial charge in [0, 0.05) is 45.2 Å². The van der Waals surface area contributed by atoms with Gasteiger partial charge < -0.3 is 9.80 Å². The smallest absolute Gasteiger partial charge is 0.268 e. The van der Waals surface area contributed by atoms with Crippen molar-refractivity contribution in [2.75, 3.05) is 31.1 Å². The number of piperidine rings is 1. The largest absolute Gasteiger partial charge is 0.370 e. The zero-order valence-electron chi connectivity index (χ0n) is 16.3. The second-order valence-corrected chi connectivity index (χ2v) is 8.63. The Morgan fingerprint density at radius 2 is 1.78 bits per heavy atom. The first kappa shape index (κ1) is 18.5. The zero-order chi connectivity index (χ0) is 18.6. The number of aromatic nitrogens is 2. The van der Waals surface area contributed by atoms with E-state index in [4.69, 9.17) is 0 Å². The van der Waals surface area contributed by atoms with E-state index >= 15 is 0 Å². The highest BCUT2D eigenvalue weighted by molar-refractivity contribution is 5.76. The molecule has 1 amide bonds. The van der Waals surface area contributed by atoms with Gasteiger partial charge in [-0.25, -0.2) is 4.68 Å². The number of likely N-dealkylation sites (tertiary alicyclic amines) is 1. The Balaban J connectivity index is 1.35. The molecule has 6 nitrogen and oxygen atoms in total. The number of nitrogens with zero attached hydrogens (tertiary/aromatic N) is 4. The monoisotopic (exact) mass is 372 g/mol. The number of anilines is 1. The third kappa shape index (κ3) is 4.90. The number of hydrogen-bond acceptors (Lipinski definition) is 4. The summed E-state index contributed by atoms with van der Waals surface area (Å²) in [6.07, 6.45) is 11.9. The molecule has 0 aromatic carbocycles. The summed E-state index contributed by atoms with van der Waals surface area (Å²) in [4.78, 5) is 29.4. The van der Waals surface area contributed by atoms with Gasteiger partial charge in [-0.05, 0) is 50.4 Å². The van der Waals surface area contributed by atoms with Crippen LogP contribution in [0.3, 0.4) is 0 Å². The Morgan fingerprint density at radius 1 is 1.00 bits per heavy atom. The van der Waals surface area contributed by atoms with E-state index in [0.717, 1.165) is 64.1 Å². The highest BCUT2D eigenvalue weighted by atomic mass is 16.2. The van der Waals surface area contributed by atoms with E-state index in [-0.39, 0.29) is 5.56 Å². The maximum Gasteiger partial charge on any atom is 0.268 e. The lowest BCUT2D eigenvalue weighted by Crippen LogP contribution is -2.40. The second kappa shape index (κ2) is 8.44. The molecule has 4 rings (SSSR count). The minimum Gasteiger partial charge on any atom is -0.370 e. The lowest BCUT2D eigenvalue weighted by atomic mass is 9.94. The van der Waals surface area contributed by atoms with Gasteiger partial charge in [-0.15, -0.1) is 0 Å². The molecule has 1 aliphatic carbocycles. The SMILES string of the molecule is O=C(CC1CCCN(c2cnn(CC3CC3)c(=O)c2)C1)N1CCCCCC1. The highest BCUT2D eigenvalue weighted by Gasteiger charge is 2.26. The molecular weight excluding hydrogens is 340 g/mol. The summed E-state index contributed by atoms with van der Waals surface area (Å²) in [6.45, 7) is 4.42. The normalized spacial score (nSPS) is 23.9. The predicted octanol–water partition coefficient (Wildman–Crippen LogP) is 2.66. The van der Waals surface area contributed by atoms with Crippen molar-refractivity contribution in [1.82, 2.24) is 14.7 Å². The summed E-state index contributed by atoms with van der Waals surface area (Å²) < 4.78 is 1.60. The maximum atomic E-state index is 12.7. The van der Waals surface area contributed by atoms with Crippen LogP contribution in [0.5, 0.6) is 0 Å². The number of carbonyl (C=O) groups is 1. The summed E-state index contributed by atoms with van der Waals surface area (Å²) >= 11 is 0. The van der Waals surface area contributed by atoms with Crippen LogP contribution in [-0.4, -0.2) is 46.8 Å². The summed E-state index contributed by atoms with van der Waals surface area (Å²) in [5.41, 5.74) is 0.918. The average molecular weight is 373 g/mol. The first-order valence-electron chi connectivity index (χ1n) is 10.8. The Bertz CT molecular complexity index is 704. The molecule has 2 saturated heterocycles. The first-order chi connectivity index (χ1) is 13.2. The van der Waals surface area contributed by atoms with Gasteiger partial charge in [0.2, 0.25) is 5.91 Å². The van der Waals surface area contributed by atoms with E-state index in [1.54, 1.807) is 10.7 Å². The van der Waals surface area contributed by atoms with Gasteiger partial charge >= 0.3 is 0 Å². The molecule has 27 heavy (non-hydrogen) atoms. The lowest BCUT2D eigenvalue weighted by molar-refractivity contribution is -0.132. The molecule has 0 N–H and O–H groups in total. The fraction of sp³-hybridized carbons (Fsp3) is 0.762. The zero-order valence-corrected chi connectivity index (χ0v) is 16.3. The number of hydrogen-bond donors (Lipinski definition) is 0. The molecule has 1 aromatic heterocycles. The van der Waals surface area contributed by atoms with Crippen LogP contribution in [0.25, 0.3) is 0 Å². The van der Waals surface area contributed by atoms with Crippen LogP contribution < -0.4 is 10.5 Å². The van der Waals surface area contributed by atoms with Crippen LogP contribution >= 0.6 is 0 Å². The van der Waals surface area contributed by atoms with Crippen molar-refractivity contribution in [2.24, 2.45) is 11.8 Å². The minimum absolute atomic E-state index is 0.00201. The molecule has 3 heterocycles. The van der Waals surface area contributed by atoms with Gasteiger partial charge in [0.05, 0.1) is 11.9 Å². The van der Waals surface area contributed by atoms with Gasteiger partial charge in [-0.3, -0.25) is 9.59 Å². The lowest BCUT2D eigenvalue weighted by Gasteiger charge is -2.34. The third-order valence-electron chi connectivity index (χ3n) is 6.29. The second-order valence-electron chi connectivity index (χ2n) is 8.63. The van der Waals surface area contributed by atoms with Crippen LogP contribution in [0.2, 0.25) is 0 Å². The van der Waals surface area contributed by atoms with Crippen LogP contribution in [0.4, 0.5) is 5.69 Å². The molecule has 3 aliphatic rings. The van der Waals surface area contributed by atoms with E-state index in [0.29, 0.717) is 24.2 Å². The molecule has 1 saturated carbocycles. The van der Waals surface area contributed by atoms with Crippen molar-refractivity contribution in [1.29, 1.82) is 0 Å². The topological polar surface area (TPSA) is 58.4 Å². The molecule has 6 heteroatoms. The molecule has 148 valence electrons. The van der Waals surface area contributed by atoms with E-state index in [2.05, 4.69) is 14.9 Å². The van der Waals surface area contributed by atoms with Gasteiger partial charge in [0.1, 0.15) is 0 Å². The molecule has 0 radical (unpaired) electrons. The molecule has 2 aliphatic heterocycles. The fourth-order valence-electron chi connectivity index (χ4n) is 4.44. The maximum absolute atomic E-state index is 12.7. The van der Waals surface area contributed by atoms with Crippen molar-refractivity contribution in [3.8, 4) is 0 Å². The summed E-state index contributed by atoms with van der Waals surface area (Å²) in [5, 5.41) is 4.39. The van der Waals surface area contributed by atoms with E-state index in [1.165, 1.54) is 25.7 Å². The molecular formula is C21H32N4O2. The van der Waals surface area contributed by atoms with Gasteiger partial charge in [0.25, 0.3) is 5.56 Å². The van der Waals surface area contributed by atoms with Crippen molar-refractivity contribution in [3.05, 3.63) is 22.6 Å². The van der Waals surface area contributed by atoms with Crippen molar-refractivity contribution in [3.63, 3.8) is 0 Å². The standard InChI is InChI=1S/C21H32N4O2/c26-20(23-9-3-1-2-4-10-23)12-18-6-5-11-24(15-18)19-13-21(27)25(22-14-19)16-17-7-8-17/h13-14,17-18H,1-12,15-16H2. The average Bonchev–Trinajstić information content (AvgIpc) is 3.50. The number of carbonyl (C=O) groups excluding carboxylic acids is 1. The first-order valence-corrected chi connectivity index (χ1v) is 10.8. The molecule has 1 aromatic rings. The molecule has 1 atom stereocenters. The van der Waals surface area contributed by atoms with E-state index < -0.39 is 0 Å². The number of rotatable bonds is 5. The van der Waals surface area contributed by atoms with Crippen molar-refractivity contribution < 1.29 is 4.79 Å². The Morgan fingerprint density at radius 3 is 2.48 bits per heavy atom. The minimum atomic E-state index is 0.00201. The Labute approximate surface area is 161 Å². The predicted molar refractivity (Wildman–Crippen MR) is 106 cm³/mol. The van der Waals surface area contributed by atoms with Crippen LogP contribution in [-0.2, 0) is 11.3 Å². The molecule has 3 fully saturated rings. The van der Waals surface area contributed by atoms with E-state index in [9.17, 15) is 9.59 Å². The summed E-state index contributed by atoms with van der Waals surface area (Å²) in [7, 11) is 0. The summed E-state index contributed by atoms with van der Waals surface area (Å²) in [5.74, 6) is 1.34. The molecule has 1 unspecified atom stereocenters. The van der Waals surface area contributed by atoms with Gasteiger partial charge in [0.15, 0.2) is 0 Å². The van der Waals surface area contributed by atoms with E-state index in [1.807, 2.05) is 6.20 Å². The molecule has 0 bridgehead atoms. The van der Waals surface area contributed by atoms with Crippen LogP contribution in [0.1, 0.15) is 57.8 Å². The summed E-state index contributed by atoms with van der Waals surface area (Å²) in [6, 6.07) is 1.73. The fourth-order valence-corrected chi connectivity index (χ4v) is 4.44. The Kier molecular flexibility index (Phi) is 5.79. The van der Waals surface area contributed by atoms with Crippen molar-refractivity contribution in [2.45, 2.75) is 64.3 Å². The highest BCUT2D eigenvalue weighted by Crippen LogP contribution is 2.30. The van der Waals surface area contributed by atoms with Gasteiger partial charge in [-0.1, -0.05) is 12.8 Å². The van der Waals surface area contributed by atoms with Gasteiger partial charge in [-0.2, -0.15) is 5.10 Å². The van der Waals surface area contributed by atoms with Crippen LogP contribution in [0.15, 0.2) is 17.1 Å².